The standard InChI is InChI=1S/C10H12N6O2/c11-9-5-7(10(17)18)8(6-13-9)12-1-3-16-4-2-14-15-16/h2,4-6,12H,1,3H2,(H2,11,13)(H,17,18). The van der Waals surface area contributed by atoms with E-state index < -0.39 is 5.97 Å². The molecule has 2 rings (SSSR count). The molecule has 2 aromatic rings. The van der Waals surface area contributed by atoms with Crippen LogP contribution in [-0.2, 0) is 6.54 Å². The van der Waals surface area contributed by atoms with Gasteiger partial charge in [0.1, 0.15) is 5.82 Å². The molecule has 0 amide bonds. The van der Waals surface area contributed by atoms with Crippen molar-refractivity contribution < 1.29 is 9.90 Å². The number of aromatic carboxylic acids is 1. The largest absolute Gasteiger partial charge is 0.478 e. The summed E-state index contributed by atoms with van der Waals surface area (Å²) < 4.78 is 1.64. The fourth-order valence-electron chi connectivity index (χ4n) is 1.45. The van der Waals surface area contributed by atoms with Crippen molar-refractivity contribution >= 4 is 17.5 Å². The molecule has 0 spiro atoms. The third-order valence-corrected chi connectivity index (χ3v) is 2.28. The summed E-state index contributed by atoms with van der Waals surface area (Å²) in [4.78, 5) is 14.9. The summed E-state index contributed by atoms with van der Waals surface area (Å²) in [5.41, 5.74) is 5.97. The molecule has 0 aliphatic carbocycles. The smallest absolute Gasteiger partial charge is 0.337 e. The zero-order valence-corrected chi connectivity index (χ0v) is 9.45. The lowest BCUT2D eigenvalue weighted by Gasteiger charge is -2.09. The molecule has 2 aromatic heterocycles. The molecule has 0 bridgehead atoms. The SMILES string of the molecule is Nc1cc(C(=O)O)c(NCCn2ccnn2)cn1. The summed E-state index contributed by atoms with van der Waals surface area (Å²) in [5, 5.41) is 19.5. The maximum Gasteiger partial charge on any atom is 0.337 e. The van der Waals surface area contributed by atoms with Crippen molar-refractivity contribution in [2.24, 2.45) is 0 Å². The number of nitrogens with zero attached hydrogens (tertiary/aromatic N) is 4. The molecule has 18 heavy (non-hydrogen) atoms. The zero-order valence-electron chi connectivity index (χ0n) is 9.45. The number of pyridine rings is 1. The van der Waals surface area contributed by atoms with E-state index in [1.165, 1.54) is 12.3 Å². The van der Waals surface area contributed by atoms with Crippen molar-refractivity contribution in [3.05, 3.63) is 30.2 Å². The van der Waals surface area contributed by atoms with Crippen LogP contribution in [0.25, 0.3) is 0 Å². The number of carboxylic acids is 1. The van der Waals surface area contributed by atoms with E-state index in [9.17, 15) is 4.79 Å². The minimum absolute atomic E-state index is 0.0982. The van der Waals surface area contributed by atoms with Crippen LogP contribution in [0.5, 0.6) is 0 Å². The summed E-state index contributed by atoms with van der Waals surface area (Å²) in [6.45, 7) is 1.08. The Morgan fingerprint density at radius 3 is 3.06 bits per heavy atom. The molecule has 0 saturated carbocycles. The van der Waals surface area contributed by atoms with Crippen LogP contribution in [0, 0.1) is 0 Å². The van der Waals surface area contributed by atoms with Gasteiger partial charge in [0.2, 0.25) is 0 Å². The Morgan fingerprint density at radius 1 is 1.56 bits per heavy atom. The van der Waals surface area contributed by atoms with E-state index in [2.05, 4.69) is 20.6 Å². The van der Waals surface area contributed by atoms with Crippen LogP contribution < -0.4 is 11.1 Å². The van der Waals surface area contributed by atoms with Crippen molar-refractivity contribution in [2.75, 3.05) is 17.6 Å². The third-order valence-electron chi connectivity index (χ3n) is 2.28. The summed E-state index contributed by atoms with van der Waals surface area (Å²) >= 11 is 0. The van der Waals surface area contributed by atoms with Crippen molar-refractivity contribution in [3.63, 3.8) is 0 Å². The maximum absolute atomic E-state index is 11.0. The summed E-state index contributed by atoms with van der Waals surface area (Å²) in [6.07, 6.45) is 4.70. The fraction of sp³-hybridized carbons (Fsp3) is 0.200. The highest BCUT2D eigenvalue weighted by Crippen LogP contribution is 2.16. The van der Waals surface area contributed by atoms with E-state index >= 15 is 0 Å². The molecule has 0 aromatic carbocycles. The van der Waals surface area contributed by atoms with Crippen LogP contribution in [0.2, 0.25) is 0 Å². The van der Waals surface area contributed by atoms with E-state index in [0.29, 0.717) is 18.8 Å². The predicted molar refractivity (Wildman–Crippen MR) is 64.1 cm³/mol. The van der Waals surface area contributed by atoms with Gasteiger partial charge in [0, 0.05) is 12.7 Å². The van der Waals surface area contributed by atoms with Gasteiger partial charge in [-0.2, -0.15) is 0 Å². The van der Waals surface area contributed by atoms with E-state index in [-0.39, 0.29) is 11.4 Å². The van der Waals surface area contributed by atoms with Gasteiger partial charge in [-0.15, -0.1) is 5.10 Å². The van der Waals surface area contributed by atoms with Crippen molar-refractivity contribution in [1.29, 1.82) is 0 Å². The molecule has 0 radical (unpaired) electrons. The summed E-state index contributed by atoms with van der Waals surface area (Å²) in [7, 11) is 0. The normalized spacial score (nSPS) is 10.2. The molecule has 94 valence electrons. The van der Waals surface area contributed by atoms with Crippen LogP contribution in [0.3, 0.4) is 0 Å². The Labute approximate surface area is 102 Å². The molecular weight excluding hydrogens is 236 g/mol. The van der Waals surface area contributed by atoms with Crippen molar-refractivity contribution in [3.8, 4) is 0 Å². The van der Waals surface area contributed by atoms with E-state index in [0.717, 1.165) is 0 Å². The van der Waals surface area contributed by atoms with Gasteiger partial charge in [0.05, 0.1) is 30.2 Å². The monoisotopic (exact) mass is 248 g/mol. The number of nitrogen functional groups attached to an aromatic ring is 1. The Morgan fingerprint density at radius 2 is 2.39 bits per heavy atom. The Kier molecular flexibility index (Phi) is 3.37. The molecule has 0 unspecified atom stereocenters. The number of carbonyl (C=O) groups is 1. The molecule has 8 nitrogen and oxygen atoms in total. The lowest BCUT2D eigenvalue weighted by molar-refractivity contribution is 0.0698. The van der Waals surface area contributed by atoms with Gasteiger partial charge in [-0.1, -0.05) is 5.21 Å². The first-order chi connectivity index (χ1) is 8.66. The van der Waals surface area contributed by atoms with Gasteiger partial charge in [-0.3, -0.25) is 4.68 Å². The number of hydrogen-bond donors (Lipinski definition) is 3. The lowest BCUT2D eigenvalue weighted by Crippen LogP contribution is -2.14. The van der Waals surface area contributed by atoms with E-state index in [1.54, 1.807) is 17.1 Å². The molecule has 0 fully saturated rings. The highest BCUT2D eigenvalue weighted by molar-refractivity contribution is 5.94. The second-order valence-corrected chi connectivity index (χ2v) is 3.55. The quantitative estimate of drug-likeness (QED) is 0.684. The maximum atomic E-state index is 11.0. The van der Waals surface area contributed by atoms with E-state index in [4.69, 9.17) is 10.8 Å². The average Bonchev–Trinajstić information content (AvgIpc) is 2.84. The van der Waals surface area contributed by atoms with Crippen LogP contribution in [0.1, 0.15) is 10.4 Å². The van der Waals surface area contributed by atoms with E-state index in [1.807, 2.05) is 0 Å². The highest BCUT2D eigenvalue weighted by atomic mass is 16.4. The van der Waals surface area contributed by atoms with Gasteiger partial charge in [-0.05, 0) is 6.07 Å². The fourth-order valence-corrected chi connectivity index (χ4v) is 1.45. The van der Waals surface area contributed by atoms with Crippen LogP contribution in [-0.4, -0.2) is 37.6 Å². The second kappa shape index (κ2) is 5.13. The number of carboxylic acid groups (broad SMARTS) is 1. The topological polar surface area (TPSA) is 119 Å². The molecule has 0 aliphatic rings. The molecule has 0 atom stereocenters. The number of anilines is 2. The van der Waals surface area contributed by atoms with Gasteiger partial charge in [0.25, 0.3) is 0 Å². The first-order valence-corrected chi connectivity index (χ1v) is 5.23. The zero-order chi connectivity index (χ0) is 13.0. The van der Waals surface area contributed by atoms with Gasteiger partial charge in [0.15, 0.2) is 0 Å². The first-order valence-electron chi connectivity index (χ1n) is 5.23. The summed E-state index contributed by atoms with van der Waals surface area (Å²) in [5.74, 6) is -0.874. The molecule has 0 aliphatic heterocycles. The minimum atomic E-state index is -1.05. The molecule has 2 heterocycles. The lowest BCUT2D eigenvalue weighted by atomic mass is 10.2. The van der Waals surface area contributed by atoms with Crippen LogP contribution in [0.4, 0.5) is 11.5 Å². The number of nitrogens with two attached hydrogens (primary N) is 1. The number of rotatable bonds is 5. The highest BCUT2D eigenvalue weighted by Gasteiger charge is 2.10. The minimum Gasteiger partial charge on any atom is -0.478 e. The van der Waals surface area contributed by atoms with Gasteiger partial charge in [-0.25, -0.2) is 9.78 Å². The number of hydrogen-bond acceptors (Lipinski definition) is 6. The molecule has 8 heteroatoms. The molecule has 4 N–H and O–H groups in total. The van der Waals surface area contributed by atoms with Crippen molar-refractivity contribution in [2.45, 2.75) is 6.54 Å². The van der Waals surface area contributed by atoms with Gasteiger partial charge < -0.3 is 16.2 Å². The van der Waals surface area contributed by atoms with Crippen LogP contribution in [0.15, 0.2) is 24.7 Å². The molecular formula is C10H12N6O2. The second-order valence-electron chi connectivity index (χ2n) is 3.55. The Hall–Kier alpha value is -2.64. The summed E-state index contributed by atoms with van der Waals surface area (Å²) in [6, 6.07) is 1.32. The number of aromatic nitrogens is 4. The average molecular weight is 248 g/mol. The Bertz CT molecular complexity index is 539. The van der Waals surface area contributed by atoms with Crippen LogP contribution >= 0.6 is 0 Å². The first kappa shape index (κ1) is 11.8. The third kappa shape index (κ3) is 2.73. The Balaban J connectivity index is 2.02. The predicted octanol–water partition coefficient (Wildman–Crippen LogP) is 0.0656. The van der Waals surface area contributed by atoms with Crippen molar-refractivity contribution in [1.82, 2.24) is 20.0 Å². The van der Waals surface area contributed by atoms with Gasteiger partial charge >= 0.3 is 5.97 Å². The molecule has 0 saturated heterocycles. The number of nitrogens with one attached hydrogen (secondary N) is 1.